The average Bonchev–Trinajstić information content (AvgIpc) is 2.69. The molecule has 0 spiro atoms. The maximum absolute atomic E-state index is 14.1. The highest BCUT2D eigenvalue weighted by molar-refractivity contribution is 5.28. The molecule has 0 amide bonds. The number of nitrogens with zero attached hydrogens (tertiary/aromatic N) is 1. The van der Waals surface area contributed by atoms with Crippen LogP contribution in [0.15, 0.2) is 54.6 Å². The van der Waals surface area contributed by atoms with Crippen molar-refractivity contribution in [1.82, 2.24) is 4.90 Å². The second kappa shape index (κ2) is 9.98. The van der Waals surface area contributed by atoms with E-state index in [1.165, 1.54) is 11.1 Å². The Morgan fingerprint density at radius 3 is 2.19 bits per heavy atom. The van der Waals surface area contributed by atoms with Crippen LogP contribution in [-0.2, 0) is 13.0 Å². The van der Waals surface area contributed by atoms with Crippen LogP contribution >= 0.6 is 0 Å². The number of hydrogen-bond donors (Lipinski definition) is 0. The van der Waals surface area contributed by atoms with E-state index in [-0.39, 0.29) is 0 Å². The van der Waals surface area contributed by atoms with Crippen LogP contribution in [0, 0.1) is 0 Å². The van der Waals surface area contributed by atoms with Gasteiger partial charge in [0.25, 0.3) is 0 Å². The maximum Gasteiger partial charge on any atom is 0.110 e. The molecular formula is C24H31F2N. The van der Waals surface area contributed by atoms with Crippen molar-refractivity contribution in [3.8, 4) is 0 Å². The van der Waals surface area contributed by atoms with Gasteiger partial charge in [-0.1, -0.05) is 61.5 Å². The minimum absolute atomic E-state index is 0.487. The highest BCUT2D eigenvalue weighted by atomic mass is 19.1. The summed E-state index contributed by atoms with van der Waals surface area (Å²) < 4.78 is 28.3. The van der Waals surface area contributed by atoms with E-state index in [1.807, 2.05) is 18.2 Å². The molecule has 0 aromatic heterocycles. The van der Waals surface area contributed by atoms with E-state index < -0.39 is 18.3 Å². The molecule has 1 nitrogen and oxygen atoms in total. The molecule has 2 aromatic carbocycles. The van der Waals surface area contributed by atoms with Crippen LogP contribution in [0.3, 0.4) is 0 Å². The molecule has 2 aromatic rings. The Labute approximate surface area is 162 Å². The SMILES string of the molecule is CCN(CCCc1ccc(C2C(F)CCCC2F)cc1)Cc1ccccc1. The first-order valence-electron chi connectivity index (χ1n) is 10.3. The highest BCUT2D eigenvalue weighted by Gasteiger charge is 2.34. The Morgan fingerprint density at radius 1 is 0.889 bits per heavy atom. The van der Waals surface area contributed by atoms with E-state index in [1.54, 1.807) is 0 Å². The third-order valence-corrected chi connectivity index (χ3v) is 5.74. The first kappa shape index (κ1) is 20.0. The lowest BCUT2D eigenvalue weighted by Gasteiger charge is -2.29. The van der Waals surface area contributed by atoms with Gasteiger partial charge in [-0.2, -0.15) is 0 Å². The number of alkyl halides is 2. The van der Waals surface area contributed by atoms with Crippen LogP contribution in [0.2, 0.25) is 0 Å². The first-order chi connectivity index (χ1) is 13.2. The van der Waals surface area contributed by atoms with Gasteiger partial charge in [-0.25, -0.2) is 8.78 Å². The van der Waals surface area contributed by atoms with Crippen LogP contribution in [0.1, 0.15) is 55.2 Å². The van der Waals surface area contributed by atoms with Gasteiger partial charge in [0.1, 0.15) is 12.3 Å². The molecule has 3 heteroatoms. The summed E-state index contributed by atoms with van der Waals surface area (Å²) in [5.41, 5.74) is 3.41. The van der Waals surface area contributed by atoms with Crippen molar-refractivity contribution < 1.29 is 8.78 Å². The van der Waals surface area contributed by atoms with Crippen LogP contribution in [0.25, 0.3) is 0 Å². The Bertz CT molecular complexity index is 661. The van der Waals surface area contributed by atoms with Gasteiger partial charge in [-0.15, -0.1) is 0 Å². The van der Waals surface area contributed by atoms with Gasteiger partial charge >= 0.3 is 0 Å². The average molecular weight is 372 g/mol. The van der Waals surface area contributed by atoms with Gasteiger partial charge < -0.3 is 0 Å². The van der Waals surface area contributed by atoms with E-state index in [4.69, 9.17) is 0 Å². The molecule has 1 fully saturated rings. The second-order valence-corrected chi connectivity index (χ2v) is 7.69. The molecular weight excluding hydrogens is 340 g/mol. The monoisotopic (exact) mass is 371 g/mol. The van der Waals surface area contributed by atoms with E-state index >= 15 is 0 Å². The summed E-state index contributed by atoms with van der Waals surface area (Å²) in [6.45, 7) is 5.26. The molecule has 146 valence electrons. The fraction of sp³-hybridized carbons (Fsp3) is 0.500. The van der Waals surface area contributed by atoms with Crippen molar-refractivity contribution in [2.75, 3.05) is 13.1 Å². The molecule has 2 unspecified atom stereocenters. The van der Waals surface area contributed by atoms with Crippen LogP contribution < -0.4 is 0 Å². The lowest BCUT2D eigenvalue weighted by Crippen LogP contribution is -2.28. The first-order valence-corrected chi connectivity index (χ1v) is 10.3. The summed E-state index contributed by atoms with van der Waals surface area (Å²) in [5, 5.41) is 0. The molecule has 0 saturated heterocycles. The molecule has 0 aliphatic heterocycles. The fourth-order valence-corrected chi connectivity index (χ4v) is 4.12. The minimum atomic E-state index is -1.05. The summed E-state index contributed by atoms with van der Waals surface area (Å²) in [6, 6.07) is 18.5. The van der Waals surface area contributed by atoms with Gasteiger partial charge in [0.15, 0.2) is 0 Å². The number of rotatable bonds is 8. The number of benzene rings is 2. The van der Waals surface area contributed by atoms with Crippen molar-refractivity contribution in [2.45, 2.75) is 63.8 Å². The lowest BCUT2D eigenvalue weighted by molar-refractivity contribution is 0.124. The van der Waals surface area contributed by atoms with E-state index in [2.05, 4.69) is 48.2 Å². The van der Waals surface area contributed by atoms with Gasteiger partial charge in [-0.05, 0) is 61.9 Å². The molecule has 2 atom stereocenters. The van der Waals surface area contributed by atoms with Gasteiger partial charge in [0.05, 0.1) is 0 Å². The third kappa shape index (κ3) is 5.62. The van der Waals surface area contributed by atoms with Crippen molar-refractivity contribution in [3.05, 3.63) is 71.3 Å². The lowest BCUT2D eigenvalue weighted by atomic mass is 9.81. The van der Waals surface area contributed by atoms with Crippen LogP contribution in [-0.4, -0.2) is 30.3 Å². The molecule has 27 heavy (non-hydrogen) atoms. The molecule has 3 rings (SSSR count). The summed E-state index contributed by atoms with van der Waals surface area (Å²) in [6.07, 6.45) is 1.62. The van der Waals surface area contributed by atoms with E-state index in [9.17, 15) is 8.78 Å². The molecule has 1 aliphatic rings. The summed E-state index contributed by atoms with van der Waals surface area (Å²) in [7, 11) is 0. The van der Waals surface area contributed by atoms with Crippen molar-refractivity contribution in [1.29, 1.82) is 0 Å². The quantitative estimate of drug-likeness (QED) is 0.543. The largest absolute Gasteiger partial charge is 0.299 e. The summed E-state index contributed by atoms with van der Waals surface area (Å²) in [4.78, 5) is 2.45. The molecule has 1 saturated carbocycles. The smallest absolute Gasteiger partial charge is 0.110 e. The topological polar surface area (TPSA) is 3.24 Å². The van der Waals surface area contributed by atoms with Gasteiger partial charge in [-0.3, -0.25) is 4.90 Å². The number of hydrogen-bond acceptors (Lipinski definition) is 1. The highest BCUT2D eigenvalue weighted by Crippen LogP contribution is 2.37. The fourth-order valence-electron chi connectivity index (χ4n) is 4.12. The number of halogens is 2. The molecule has 0 heterocycles. The standard InChI is InChI=1S/C24H31F2N/c1-2-27(18-20-8-4-3-5-9-20)17-7-10-19-13-15-21(16-14-19)24-22(25)11-6-12-23(24)26/h3-5,8-9,13-16,22-24H,2,6-7,10-12,17-18H2,1H3. The minimum Gasteiger partial charge on any atom is -0.299 e. The predicted octanol–water partition coefficient (Wildman–Crippen LogP) is 6.09. The van der Waals surface area contributed by atoms with Crippen molar-refractivity contribution in [3.63, 3.8) is 0 Å². The molecule has 0 radical (unpaired) electrons. The molecule has 0 N–H and O–H groups in total. The van der Waals surface area contributed by atoms with E-state index in [0.717, 1.165) is 38.0 Å². The zero-order valence-electron chi connectivity index (χ0n) is 16.3. The van der Waals surface area contributed by atoms with Gasteiger partial charge in [0, 0.05) is 12.5 Å². The Kier molecular flexibility index (Phi) is 7.40. The van der Waals surface area contributed by atoms with Crippen molar-refractivity contribution in [2.24, 2.45) is 0 Å². The maximum atomic E-state index is 14.1. The zero-order valence-corrected chi connectivity index (χ0v) is 16.3. The van der Waals surface area contributed by atoms with Crippen LogP contribution in [0.5, 0.6) is 0 Å². The Hall–Kier alpha value is -1.74. The molecule has 0 bridgehead atoms. The summed E-state index contributed by atoms with van der Waals surface area (Å²) >= 11 is 0. The van der Waals surface area contributed by atoms with Crippen LogP contribution in [0.4, 0.5) is 8.78 Å². The normalized spacial score (nSPS) is 22.9. The predicted molar refractivity (Wildman–Crippen MR) is 109 cm³/mol. The Morgan fingerprint density at radius 2 is 1.56 bits per heavy atom. The van der Waals surface area contributed by atoms with E-state index in [0.29, 0.717) is 19.3 Å². The number of aryl methyl sites for hydroxylation is 1. The van der Waals surface area contributed by atoms with Crippen molar-refractivity contribution >= 4 is 0 Å². The second-order valence-electron chi connectivity index (χ2n) is 7.69. The Balaban J connectivity index is 1.49. The molecule has 1 aliphatic carbocycles. The third-order valence-electron chi connectivity index (χ3n) is 5.74. The summed E-state index contributed by atoms with van der Waals surface area (Å²) in [5.74, 6) is -0.575. The zero-order chi connectivity index (χ0) is 19.1. The van der Waals surface area contributed by atoms with Gasteiger partial charge in [0.2, 0.25) is 0 Å².